The van der Waals surface area contributed by atoms with Crippen LogP contribution in [-0.4, -0.2) is 36.5 Å². The fraction of sp³-hybridized carbons (Fsp3) is 0.267. The number of nitrogens with zero attached hydrogens (tertiary/aromatic N) is 4. The number of allylic oxidation sites excluding steroid dienone is 1. The summed E-state index contributed by atoms with van der Waals surface area (Å²) in [5.41, 5.74) is 0.622. The number of carboxylic acids is 1. The van der Waals surface area contributed by atoms with Gasteiger partial charge in [0.25, 0.3) is 5.69 Å². The van der Waals surface area contributed by atoms with E-state index in [1.165, 1.54) is 18.2 Å². The van der Waals surface area contributed by atoms with Gasteiger partial charge in [0.2, 0.25) is 0 Å². The molecule has 0 unspecified atom stereocenters. The lowest BCUT2D eigenvalue weighted by Gasteiger charge is -2.10. The van der Waals surface area contributed by atoms with Crippen LogP contribution in [-0.2, 0) is 17.9 Å². The highest BCUT2D eigenvalue weighted by Crippen LogP contribution is 2.24. The number of carboxylic acid groups (broad SMARTS) is 1. The maximum Gasteiger partial charge on any atom is 0.313 e. The number of ether oxygens (including phenoxy) is 1. The topological polar surface area (TPSA) is 120 Å². The monoisotopic (exact) mass is 364 g/mol. The number of hydrogen-bond donors (Lipinski definition) is 1. The molecule has 10 heteroatoms. The molecule has 2 aromatic rings. The number of thioether (sulfide) groups is 1. The molecule has 0 atom stereocenters. The number of non-ortho nitro benzene ring substituents is 1. The first-order valence-corrected chi connectivity index (χ1v) is 8.16. The van der Waals surface area contributed by atoms with E-state index in [0.717, 1.165) is 11.8 Å². The minimum absolute atomic E-state index is 0.00738. The van der Waals surface area contributed by atoms with Crippen molar-refractivity contribution in [2.24, 2.45) is 0 Å². The van der Waals surface area contributed by atoms with Crippen molar-refractivity contribution in [1.82, 2.24) is 14.8 Å². The minimum Gasteiger partial charge on any atom is -0.485 e. The summed E-state index contributed by atoms with van der Waals surface area (Å²) in [6.07, 6.45) is 1.65. The van der Waals surface area contributed by atoms with Crippen LogP contribution in [0.15, 0.2) is 36.0 Å². The summed E-state index contributed by atoms with van der Waals surface area (Å²) in [5, 5.41) is 28.0. The van der Waals surface area contributed by atoms with Gasteiger partial charge in [-0.2, -0.15) is 0 Å². The van der Waals surface area contributed by atoms with Crippen molar-refractivity contribution >= 4 is 23.4 Å². The molecule has 0 saturated carbocycles. The van der Waals surface area contributed by atoms with Crippen molar-refractivity contribution in [3.63, 3.8) is 0 Å². The Morgan fingerprint density at radius 2 is 2.28 bits per heavy atom. The molecule has 1 heterocycles. The van der Waals surface area contributed by atoms with E-state index in [-0.39, 0.29) is 18.0 Å². The molecule has 9 nitrogen and oxygen atoms in total. The third-order valence-corrected chi connectivity index (χ3v) is 4.11. The molecule has 1 aromatic heterocycles. The van der Waals surface area contributed by atoms with Crippen LogP contribution in [0.4, 0.5) is 5.69 Å². The second-order valence-corrected chi connectivity index (χ2v) is 5.92. The summed E-state index contributed by atoms with van der Waals surface area (Å²) < 4.78 is 7.39. The molecule has 0 saturated heterocycles. The minimum atomic E-state index is -0.947. The van der Waals surface area contributed by atoms with Crippen LogP contribution in [0, 0.1) is 17.0 Å². The van der Waals surface area contributed by atoms with Crippen molar-refractivity contribution in [2.45, 2.75) is 25.2 Å². The van der Waals surface area contributed by atoms with E-state index in [1.54, 1.807) is 17.6 Å². The third-order valence-electron chi connectivity index (χ3n) is 3.16. The van der Waals surface area contributed by atoms with Gasteiger partial charge >= 0.3 is 5.97 Å². The Morgan fingerprint density at radius 3 is 2.88 bits per heavy atom. The van der Waals surface area contributed by atoms with Crippen LogP contribution >= 0.6 is 11.8 Å². The summed E-state index contributed by atoms with van der Waals surface area (Å²) >= 11 is 1.06. The normalized spacial score (nSPS) is 10.4. The highest BCUT2D eigenvalue weighted by Gasteiger charge is 2.15. The second-order valence-electron chi connectivity index (χ2n) is 4.98. The number of rotatable bonds is 9. The number of hydrogen-bond acceptors (Lipinski definition) is 7. The van der Waals surface area contributed by atoms with Crippen LogP contribution in [0.3, 0.4) is 0 Å². The average Bonchev–Trinajstić information content (AvgIpc) is 2.94. The molecule has 25 heavy (non-hydrogen) atoms. The largest absolute Gasteiger partial charge is 0.485 e. The number of benzene rings is 1. The molecule has 0 bridgehead atoms. The Kier molecular flexibility index (Phi) is 6.12. The van der Waals surface area contributed by atoms with Crippen molar-refractivity contribution < 1.29 is 19.6 Å². The molecule has 0 radical (unpaired) electrons. The summed E-state index contributed by atoms with van der Waals surface area (Å²) in [5.74, 6) is -0.0705. The van der Waals surface area contributed by atoms with E-state index in [4.69, 9.17) is 9.84 Å². The van der Waals surface area contributed by atoms with Gasteiger partial charge < -0.3 is 9.84 Å². The van der Waals surface area contributed by atoms with Crippen molar-refractivity contribution in [3.05, 3.63) is 52.4 Å². The molecule has 0 aliphatic carbocycles. The van der Waals surface area contributed by atoms with Gasteiger partial charge in [-0.1, -0.05) is 17.8 Å². The zero-order chi connectivity index (χ0) is 18.4. The number of aryl methyl sites for hydroxylation is 1. The van der Waals surface area contributed by atoms with Gasteiger partial charge in [-0.05, 0) is 18.6 Å². The van der Waals surface area contributed by atoms with Crippen LogP contribution in [0.25, 0.3) is 0 Å². The van der Waals surface area contributed by atoms with E-state index < -0.39 is 10.9 Å². The SMILES string of the molecule is C=CCn1c(COc2ccc([N+](=O)[O-])cc2C)nnc1SCC(=O)O. The second kappa shape index (κ2) is 8.29. The highest BCUT2D eigenvalue weighted by atomic mass is 32.2. The third kappa shape index (κ3) is 4.80. The van der Waals surface area contributed by atoms with Crippen LogP contribution in [0.5, 0.6) is 5.75 Å². The molecule has 0 aliphatic rings. The molecule has 0 fully saturated rings. The molecule has 0 spiro atoms. The number of aromatic nitrogens is 3. The first-order chi connectivity index (χ1) is 11.9. The van der Waals surface area contributed by atoms with Gasteiger partial charge in [0.05, 0.1) is 10.7 Å². The first-order valence-electron chi connectivity index (χ1n) is 7.17. The maximum atomic E-state index is 10.8. The fourth-order valence-corrected chi connectivity index (χ4v) is 2.71. The Hall–Kier alpha value is -2.88. The van der Waals surface area contributed by atoms with Gasteiger partial charge in [0.1, 0.15) is 12.4 Å². The van der Waals surface area contributed by atoms with Crippen molar-refractivity contribution in [2.75, 3.05) is 5.75 Å². The maximum absolute atomic E-state index is 10.8. The first kappa shape index (κ1) is 18.5. The lowest BCUT2D eigenvalue weighted by Crippen LogP contribution is -2.09. The predicted octanol–water partition coefficient (Wildman–Crippen LogP) is 2.44. The summed E-state index contributed by atoms with van der Waals surface area (Å²) in [7, 11) is 0. The van der Waals surface area contributed by atoms with Crippen LogP contribution in [0.2, 0.25) is 0 Å². The Balaban J connectivity index is 2.13. The van der Waals surface area contributed by atoms with Gasteiger partial charge in [-0.25, -0.2) is 0 Å². The lowest BCUT2D eigenvalue weighted by molar-refractivity contribution is -0.384. The van der Waals surface area contributed by atoms with E-state index in [1.807, 2.05) is 0 Å². The fourth-order valence-electron chi connectivity index (χ4n) is 2.02. The number of aliphatic carboxylic acids is 1. The van der Waals surface area contributed by atoms with E-state index in [0.29, 0.717) is 28.8 Å². The number of nitro groups is 1. The average molecular weight is 364 g/mol. The molecular weight excluding hydrogens is 348 g/mol. The standard InChI is InChI=1S/C15H16N4O5S/c1-3-6-18-13(16-17-15(18)25-9-14(20)21)8-24-12-5-4-11(19(22)23)7-10(12)2/h3-5,7H,1,6,8-9H2,2H3,(H,20,21). The van der Waals surface area contributed by atoms with E-state index in [9.17, 15) is 14.9 Å². The van der Waals surface area contributed by atoms with Gasteiger partial charge in [-0.15, -0.1) is 16.8 Å². The van der Waals surface area contributed by atoms with E-state index >= 15 is 0 Å². The molecular formula is C15H16N4O5S. The van der Waals surface area contributed by atoms with Gasteiger partial charge in [-0.3, -0.25) is 19.5 Å². The van der Waals surface area contributed by atoms with Crippen molar-refractivity contribution in [1.29, 1.82) is 0 Å². The molecule has 0 amide bonds. The summed E-state index contributed by atoms with van der Waals surface area (Å²) in [6.45, 7) is 5.88. The Bertz CT molecular complexity index is 805. The van der Waals surface area contributed by atoms with Crippen molar-refractivity contribution in [3.8, 4) is 5.75 Å². The van der Waals surface area contributed by atoms with Crippen LogP contribution in [0.1, 0.15) is 11.4 Å². The molecule has 1 N–H and O–H groups in total. The van der Waals surface area contributed by atoms with Gasteiger partial charge in [0.15, 0.2) is 11.0 Å². The molecule has 1 aromatic carbocycles. The quantitative estimate of drug-likeness (QED) is 0.312. The van der Waals surface area contributed by atoms with Crippen LogP contribution < -0.4 is 4.74 Å². The molecule has 0 aliphatic heterocycles. The zero-order valence-corrected chi connectivity index (χ0v) is 14.2. The predicted molar refractivity (Wildman–Crippen MR) is 90.7 cm³/mol. The zero-order valence-electron chi connectivity index (χ0n) is 13.4. The van der Waals surface area contributed by atoms with E-state index in [2.05, 4.69) is 16.8 Å². The Labute approximate surface area is 147 Å². The molecule has 132 valence electrons. The number of nitro benzene ring substituents is 1. The lowest BCUT2D eigenvalue weighted by atomic mass is 10.2. The summed E-state index contributed by atoms with van der Waals surface area (Å²) in [4.78, 5) is 21.0. The molecule has 2 rings (SSSR count). The summed E-state index contributed by atoms with van der Waals surface area (Å²) in [6, 6.07) is 4.32. The Morgan fingerprint density at radius 1 is 1.52 bits per heavy atom. The van der Waals surface area contributed by atoms with Gasteiger partial charge in [0, 0.05) is 18.7 Å². The number of carbonyl (C=O) groups is 1. The smallest absolute Gasteiger partial charge is 0.313 e. The highest BCUT2D eigenvalue weighted by molar-refractivity contribution is 7.99.